The van der Waals surface area contributed by atoms with Crippen molar-refractivity contribution in [3.8, 4) is 0 Å². The molecule has 1 fully saturated rings. The molecule has 1 N–H and O–H groups in total. The maximum atomic E-state index is 11.3. The molecule has 1 aliphatic rings. The molecule has 0 bridgehead atoms. The van der Waals surface area contributed by atoms with Gasteiger partial charge in [0.25, 0.3) is 0 Å². The average Bonchev–Trinajstić information content (AvgIpc) is 2.66. The van der Waals surface area contributed by atoms with Crippen molar-refractivity contribution in [3.63, 3.8) is 0 Å². The van der Waals surface area contributed by atoms with Gasteiger partial charge < -0.3 is 10.1 Å². The van der Waals surface area contributed by atoms with E-state index in [1.165, 1.54) is 25.7 Å². The molecule has 1 saturated carbocycles. The van der Waals surface area contributed by atoms with E-state index in [4.69, 9.17) is 4.74 Å². The largest absolute Gasteiger partial charge is 0.465 e. The van der Waals surface area contributed by atoms with E-state index in [-0.39, 0.29) is 5.97 Å². The van der Waals surface area contributed by atoms with E-state index in [1.54, 1.807) is 0 Å². The number of hydrogen-bond acceptors (Lipinski definition) is 3. The van der Waals surface area contributed by atoms with Crippen LogP contribution >= 0.6 is 0 Å². The van der Waals surface area contributed by atoms with Crippen molar-refractivity contribution < 1.29 is 9.53 Å². The summed E-state index contributed by atoms with van der Waals surface area (Å²) in [7, 11) is 0. The normalized spacial score (nSPS) is 18.6. The Morgan fingerprint density at radius 2 is 2.06 bits per heavy atom. The van der Waals surface area contributed by atoms with Crippen LogP contribution in [-0.4, -0.2) is 25.7 Å². The second kappa shape index (κ2) is 6.89. The second-order valence-electron chi connectivity index (χ2n) is 5.20. The third-order valence-electron chi connectivity index (χ3n) is 3.39. The molecule has 0 spiro atoms. The average molecular weight is 227 g/mol. The Labute approximate surface area is 98.9 Å². The topological polar surface area (TPSA) is 38.3 Å². The minimum atomic E-state index is -0.116. The summed E-state index contributed by atoms with van der Waals surface area (Å²) in [5.41, 5.74) is 0.406. The number of esters is 1. The first-order valence-corrected chi connectivity index (χ1v) is 6.53. The van der Waals surface area contributed by atoms with Crippen molar-refractivity contribution in [2.75, 3.05) is 19.7 Å². The number of hydrogen-bond donors (Lipinski definition) is 1. The molecule has 0 heterocycles. The first-order chi connectivity index (χ1) is 7.66. The van der Waals surface area contributed by atoms with Crippen LogP contribution in [0.4, 0.5) is 0 Å². The minimum absolute atomic E-state index is 0.116. The highest BCUT2D eigenvalue weighted by atomic mass is 16.5. The van der Waals surface area contributed by atoms with Gasteiger partial charge in [0.15, 0.2) is 0 Å². The molecule has 94 valence electrons. The van der Waals surface area contributed by atoms with E-state index in [2.05, 4.69) is 19.2 Å². The lowest BCUT2D eigenvalue weighted by molar-refractivity contribution is -0.142. The lowest BCUT2D eigenvalue weighted by Crippen LogP contribution is -2.34. The molecular formula is C13H25NO2. The third-order valence-corrected chi connectivity index (χ3v) is 3.39. The highest BCUT2D eigenvalue weighted by Crippen LogP contribution is 2.36. The molecule has 1 aliphatic carbocycles. The number of nitrogens with one attached hydrogen (secondary N) is 1. The molecule has 0 aromatic rings. The van der Waals surface area contributed by atoms with Crippen LogP contribution in [0.15, 0.2) is 0 Å². The molecule has 0 unspecified atom stereocenters. The summed E-state index contributed by atoms with van der Waals surface area (Å²) in [6.45, 7) is 6.26. The van der Waals surface area contributed by atoms with Crippen LogP contribution in [0.5, 0.6) is 0 Å². The monoisotopic (exact) mass is 227 g/mol. The van der Waals surface area contributed by atoms with Crippen molar-refractivity contribution in [1.82, 2.24) is 5.32 Å². The fourth-order valence-corrected chi connectivity index (χ4v) is 2.25. The zero-order chi connectivity index (χ0) is 11.9. The van der Waals surface area contributed by atoms with Gasteiger partial charge in [0.1, 0.15) is 0 Å². The molecule has 1 rings (SSSR count). The molecule has 16 heavy (non-hydrogen) atoms. The van der Waals surface area contributed by atoms with E-state index in [0.717, 1.165) is 19.4 Å². The Balaban J connectivity index is 2.03. The number of carbonyl (C=O) groups is 1. The summed E-state index contributed by atoms with van der Waals surface area (Å²) in [5.74, 6) is -0.116. The standard InChI is InChI=1S/C13H25NO2/c1-3-4-9-16-12(15)10-14-11-13(2)7-5-6-8-13/h14H,3-11H2,1-2H3. The van der Waals surface area contributed by atoms with Crippen molar-refractivity contribution >= 4 is 5.97 Å². The summed E-state index contributed by atoms with van der Waals surface area (Å²) in [4.78, 5) is 11.3. The minimum Gasteiger partial charge on any atom is -0.465 e. The first kappa shape index (κ1) is 13.5. The Hall–Kier alpha value is -0.570. The van der Waals surface area contributed by atoms with Crippen LogP contribution in [0.25, 0.3) is 0 Å². The van der Waals surface area contributed by atoms with E-state index < -0.39 is 0 Å². The zero-order valence-corrected chi connectivity index (χ0v) is 10.7. The molecule has 3 heteroatoms. The number of rotatable bonds is 7. The third kappa shape index (κ3) is 4.97. The van der Waals surface area contributed by atoms with Crippen LogP contribution in [0, 0.1) is 5.41 Å². The Kier molecular flexibility index (Phi) is 5.81. The van der Waals surface area contributed by atoms with Gasteiger partial charge in [-0.1, -0.05) is 33.1 Å². The zero-order valence-electron chi connectivity index (χ0n) is 10.7. The van der Waals surface area contributed by atoms with Gasteiger partial charge in [0.2, 0.25) is 0 Å². The molecule has 3 nitrogen and oxygen atoms in total. The Morgan fingerprint density at radius 1 is 1.38 bits per heavy atom. The molecule has 0 amide bonds. The van der Waals surface area contributed by atoms with Gasteiger partial charge in [-0.3, -0.25) is 4.79 Å². The predicted octanol–water partition coefficient (Wildman–Crippen LogP) is 2.50. The summed E-state index contributed by atoms with van der Waals surface area (Å²) in [6.07, 6.45) is 7.26. The molecule has 0 saturated heterocycles. The highest BCUT2D eigenvalue weighted by molar-refractivity contribution is 5.71. The number of unbranched alkanes of at least 4 members (excludes halogenated alkanes) is 1. The molecule has 0 aliphatic heterocycles. The van der Waals surface area contributed by atoms with Gasteiger partial charge in [-0.2, -0.15) is 0 Å². The molecular weight excluding hydrogens is 202 g/mol. The summed E-state index contributed by atoms with van der Waals surface area (Å²) >= 11 is 0. The van der Waals surface area contributed by atoms with Gasteiger partial charge in [0.05, 0.1) is 13.2 Å². The summed E-state index contributed by atoms with van der Waals surface area (Å²) in [5, 5.41) is 3.22. The fourth-order valence-electron chi connectivity index (χ4n) is 2.25. The SMILES string of the molecule is CCCCOC(=O)CNCC1(C)CCCC1. The van der Waals surface area contributed by atoms with E-state index >= 15 is 0 Å². The van der Waals surface area contributed by atoms with Gasteiger partial charge in [-0.15, -0.1) is 0 Å². The van der Waals surface area contributed by atoms with Crippen molar-refractivity contribution in [1.29, 1.82) is 0 Å². The van der Waals surface area contributed by atoms with Crippen LogP contribution in [0.2, 0.25) is 0 Å². The molecule has 0 aromatic heterocycles. The smallest absolute Gasteiger partial charge is 0.319 e. The molecule has 0 aromatic carbocycles. The van der Waals surface area contributed by atoms with E-state index in [1.807, 2.05) is 0 Å². The molecule has 0 radical (unpaired) electrons. The maximum Gasteiger partial charge on any atom is 0.319 e. The van der Waals surface area contributed by atoms with Gasteiger partial charge in [-0.05, 0) is 24.7 Å². The van der Waals surface area contributed by atoms with Gasteiger partial charge >= 0.3 is 5.97 Å². The van der Waals surface area contributed by atoms with Crippen molar-refractivity contribution in [2.24, 2.45) is 5.41 Å². The van der Waals surface area contributed by atoms with Crippen molar-refractivity contribution in [2.45, 2.75) is 52.4 Å². The van der Waals surface area contributed by atoms with Crippen LogP contribution < -0.4 is 5.32 Å². The number of ether oxygens (including phenoxy) is 1. The van der Waals surface area contributed by atoms with Crippen molar-refractivity contribution in [3.05, 3.63) is 0 Å². The van der Waals surface area contributed by atoms with E-state index in [0.29, 0.717) is 18.6 Å². The molecule has 0 atom stereocenters. The summed E-state index contributed by atoms with van der Waals surface area (Å²) < 4.78 is 5.08. The van der Waals surface area contributed by atoms with Crippen LogP contribution in [0.1, 0.15) is 52.4 Å². The van der Waals surface area contributed by atoms with Crippen LogP contribution in [0.3, 0.4) is 0 Å². The summed E-state index contributed by atoms with van der Waals surface area (Å²) in [6, 6.07) is 0. The lowest BCUT2D eigenvalue weighted by Gasteiger charge is -2.23. The van der Waals surface area contributed by atoms with Gasteiger partial charge in [-0.25, -0.2) is 0 Å². The first-order valence-electron chi connectivity index (χ1n) is 6.53. The van der Waals surface area contributed by atoms with Gasteiger partial charge in [0, 0.05) is 6.54 Å². The quantitative estimate of drug-likeness (QED) is 0.536. The maximum absolute atomic E-state index is 11.3. The van der Waals surface area contributed by atoms with E-state index in [9.17, 15) is 4.79 Å². The lowest BCUT2D eigenvalue weighted by atomic mass is 9.89. The Bertz CT molecular complexity index is 210. The second-order valence-corrected chi connectivity index (χ2v) is 5.20. The number of carbonyl (C=O) groups excluding carboxylic acids is 1. The highest BCUT2D eigenvalue weighted by Gasteiger charge is 2.28. The fraction of sp³-hybridized carbons (Fsp3) is 0.923. The van der Waals surface area contributed by atoms with Crippen LogP contribution in [-0.2, 0) is 9.53 Å². The predicted molar refractivity (Wildman–Crippen MR) is 65.3 cm³/mol. The Morgan fingerprint density at radius 3 is 2.69 bits per heavy atom.